The molecule has 0 bridgehead atoms. The molecule has 0 aromatic heterocycles. The number of hydrogen-bond donors (Lipinski definition) is 5. The molecule has 0 heterocycles. The molecule has 0 saturated heterocycles. The number of hydrogen-bond acceptors (Lipinski definition) is 4. The van der Waals surface area contributed by atoms with Crippen molar-refractivity contribution in [3.05, 3.63) is 0 Å². The monoisotopic (exact) mass is 246 g/mol. The van der Waals surface area contributed by atoms with Gasteiger partial charge < -0.3 is 27.4 Å². The standard InChI is InChI=1S/C9H18N4O4/c10-8(11)13-5-1-3-9(12,7(16)17)4-2-6(14)15/h1-5,12H2,(H,14,15)(H,16,17)(H4,10,11,13)/t9-/m0/s1. The third kappa shape index (κ3) is 6.36. The molecule has 0 fully saturated rings. The van der Waals surface area contributed by atoms with E-state index in [0.717, 1.165) is 0 Å². The average molecular weight is 246 g/mol. The smallest absolute Gasteiger partial charge is 0.323 e. The van der Waals surface area contributed by atoms with Gasteiger partial charge in [0.25, 0.3) is 0 Å². The van der Waals surface area contributed by atoms with Crippen LogP contribution in [0.15, 0.2) is 4.99 Å². The van der Waals surface area contributed by atoms with Crippen molar-refractivity contribution in [1.82, 2.24) is 0 Å². The van der Waals surface area contributed by atoms with Gasteiger partial charge in [0.1, 0.15) is 5.54 Å². The van der Waals surface area contributed by atoms with Crippen LogP contribution in [0.25, 0.3) is 0 Å². The number of nitrogens with two attached hydrogens (primary N) is 3. The van der Waals surface area contributed by atoms with Crippen LogP contribution in [0.4, 0.5) is 0 Å². The van der Waals surface area contributed by atoms with E-state index in [0.29, 0.717) is 6.42 Å². The summed E-state index contributed by atoms with van der Waals surface area (Å²) in [5.41, 5.74) is 14.3. The highest BCUT2D eigenvalue weighted by molar-refractivity contribution is 5.79. The topological polar surface area (TPSA) is 165 Å². The Hall–Kier alpha value is -1.83. The quantitative estimate of drug-likeness (QED) is 0.201. The lowest BCUT2D eigenvalue weighted by Gasteiger charge is -2.23. The van der Waals surface area contributed by atoms with Gasteiger partial charge in [-0.05, 0) is 19.3 Å². The van der Waals surface area contributed by atoms with E-state index < -0.39 is 17.5 Å². The summed E-state index contributed by atoms with van der Waals surface area (Å²) in [6.45, 7) is 0.266. The van der Waals surface area contributed by atoms with Crippen molar-refractivity contribution < 1.29 is 19.8 Å². The molecule has 0 aromatic carbocycles. The van der Waals surface area contributed by atoms with Crippen LogP contribution in [0.3, 0.4) is 0 Å². The maximum atomic E-state index is 11.0. The van der Waals surface area contributed by atoms with E-state index >= 15 is 0 Å². The Kier molecular flexibility index (Phi) is 5.97. The van der Waals surface area contributed by atoms with Crippen molar-refractivity contribution in [2.75, 3.05) is 6.54 Å². The lowest BCUT2D eigenvalue weighted by molar-refractivity contribution is -0.144. The first kappa shape index (κ1) is 15.2. The Morgan fingerprint density at radius 3 is 2.18 bits per heavy atom. The number of carbonyl (C=O) groups is 2. The Bertz CT molecular complexity index is 314. The van der Waals surface area contributed by atoms with Gasteiger partial charge in [-0.15, -0.1) is 0 Å². The minimum Gasteiger partial charge on any atom is -0.481 e. The highest BCUT2D eigenvalue weighted by atomic mass is 16.4. The number of carboxylic acid groups (broad SMARTS) is 2. The summed E-state index contributed by atoms with van der Waals surface area (Å²) < 4.78 is 0. The second kappa shape index (κ2) is 6.69. The van der Waals surface area contributed by atoms with Crippen molar-refractivity contribution in [3.63, 3.8) is 0 Å². The summed E-state index contributed by atoms with van der Waals surface area (Å²) in [5.74, 6) is -2.37. The highest BCUT2D eigenvalue weighted by Gasteiger charge is 2.33. The molecule has 8 N–H and O–H groups in total. The summed E-state index contributed by atoms with van der Waals surface area (Å²) in [6.07, 6.45) is 0.0807. The maximum absolute atomic E-state index is 11.0. The Morgan fingerprint density at radius 2 is 1.76 bits per heavy atom. The van der Waals surface area contributed by atoms with Crippen molar-refractivity contribution in [3.8, 4) is 0 Å². The first-order chi connectivity index (χ1) is 7.78. The second-order valence-electron chi connectivity index (χ2n) is 3.77. The Balaban J connectivity index is 4.26. The van der Waals surface area contributed by atoms with Crippen LogP contribution >= 0.6 is 0 Å². The van der Waals surface area contributed by atoms with Gasteiger partial charge in [-0.3, -0.25) is 14.6 Å². The molecule has 8 nitrogen and oxygen atoms in total. The summed E-state index contributed by atoms with van der Waals surface area (Å²) in [5, 5.41) is 17.5. The van der Waals surface area contributed by atoms with Crippen molar-refractivity contribution in [2.24, 2.45) is 22.2 Å². The normalized spacial score (nSPS) is 13.7. The van der Waals surface area contributed by atoms with Crippen molar-refractivity contribution in [1.29, 1.82) is 0 Å². The van der Waals surface area contributed by atoms with Crippen LogP contribution < -0.4 is 17.2 Å². The van der Waals surface area contributed by atoms with E-state index in [4.69, 9.17) is 27.4 Å². The minimum atomic E-state index is -1.54. The zero-order valence-electron chi connectivity index (χ0n) is 9.43. The first-order valence-corrected chi connectivity index (χ1v) is 5.07. The van der Waals surface area contributed by atoms with Gasteiger partial charge in [-0.2, -0.15) is 0 Å². The van der Waals surface area contributed by atoms with Gasteiger partial charge in [0.15, 0.2) is 5.96 Å². The fourth-order valence-corrected chi connectivity index (χ4v) is 1.27. The van der Waals surface area contributed by atoms with Gasteiger partial charge in [0.2, 0.25) is 0 Å². The number of guanidine groups is 1. The molecule has 0 aliphatic rings. The SMILES string of the molecule is NC(N)=NCCC[C@](N)(CCC(=O)O)C(=O)O. The van der Waals surface area contributed by atoms with Crippen LogP contribution in [-0.2, 0) is 9.59 Å². The van der Waals surface area contributed by atoms with Crippen LogP contribution in [0, 0.1) is 0 Å². The van der Waals surface area contributed by atoms with E-state index in [1.54, 1.807) is 0 Å². The summed E-state index contributed by atoms with van der Waals surface area (Å²) in [4.78, 5) is 25.0. The highest BCUT2D eigenvalue weighted by Crippen LogP contribution is 2.17. The molecule has 98 valence electrons. The minimum absolute atomic E-state index is 0.0755. The van der Waals surface area contributed by atoms with Crippen LogP contribution in [-0.4, -0.2) is 40.2 Å². The lowest BCUT2D eigenvalue weighted by Crippen LogP contribution is -2.48. The maximum Gasteiger partial charge on any atom is 0.323 e. The van der Waals surface area contributed by atoms with Crippen LogP contribution in [0.1, 0.15) is 25.7 Å². The number of aliphatic carboxylic acids is 2. The van der Waals surface area contributed by atoms with E-state index in [1.165, 1.54) is 0 Å². The number of carboxylic acids is 2. The summed E-state index contributed by atoms with van der Waals surface area (Å²) in [7, 11) is 0. The molecule has 0 rings (SSSR count). The molecule has 0 saturated carbocycles. The number of rotatable bonds is 8. The molecule has 0 radical (unpaired) electrons. The largest absolute Gasteiger partial charge is 0.481 e. The number of aliphatic imine (C=N–C) groups is 1. The van der Waals surface area contributed by atoms with E-state index in [-0.39, 0.29) is 31.8 Å². The molecule has 0 amide bonds. The Morgan fingerprint density at radius 1 is 1.18 bits per heavy atom. The third-order valence-electron chi connectivity index (χ3n) is 2.29. The average Bonchev–Trinajstić information content (AvgIpc) is 2.21. The van der Waals surface area contributed by atoms with E-state index in [1.807, 2.05) is 0 Å². The van der Waals surface area contributed by atoms with Crippen molar-refractivity contribution in [2.45, 2.75) is 31.2 Å². The van der Waals surface area contributed by atoms with Crippen LogP contribution in [0.5, 0.6) is 0 Å². The Labute approximate surface area is 98.5 Å². The zero-order chi connectivity index (χ0) is 13.5. The molecule has 0 aliphatic heterocycles. The zero-order valence-corrected chi connectivity index (χ0v) is 9.43. The second-order valence-corrected chi connectivity index (χ2v) is 3.77. The molecule has 8 heteroatoms. The van der Waals surface area contributed by atoms with Gasteiger partial charge in [-0.1, -0.05) is 0 Å². The van der Waals surface area contributed by atoms with Gasteiger partial charge in [0.05, 0.1) is 0 Å². The molecule has 0 aliphatic carbocycles. The van der Waals surface area contributed by atoms with Crippen LogP contribution in [0.2, 0.25) is 0 Å². The van der Waals surface area contributed by atoms with Gasteiger partial charge in [0, 0.05) is 13.0 Å². The fraction of sp³-hybridized carbons (Fsp3) is 0.667. The first-order valence-electron chi connectivity index (χ1n) is 5.07. The predicted octanol–water partition coefficient (Wildman–Crippen LogP) is -1.31. The number of nitrogens with zero attached hydrogens (tertiary/aromatic N) is 1. The van der Waals surface area contributed by atoms with Gasteiger partial charge in [-0.25, -0.2) is 0 Å². The summed E-state index contributed by atoms with van der Waals surface area (Å²) >= 11 is 0. The van der Waals surface area contributed by atoms with E-state index in [2.05, 4.69) is 4.99 Å². The molecule has 0 spiro atoms. The lowest BCUT2D eigenvalue weighted by atomic mass is 9.89. The molecule has 0 aromatic rings. The third-order valence-corrected chi connectivity index (χ3v) is 2.29. The molecular formula is C9H18N4O4. The molecular weight excluding hydrogens is 228 g/mol. The molecule has 17 heavy (non-hydrogen) atoms. The molecule has 0 unspecified atom stereocenters. The van der Waals surface area contributed by atoms with Crippen molar-refractivity contribution >= 4 is 17.9 Å². The molecule has 1 atom stereocenters. The van der Waals surface area contributed by atoms with E-state index in [9.17, 15) is 9.59 Å². The van der Waals surface area contributed by atoms with Gasteiger partial charge >= 0.3 is 11.9 Å². The predicted molar refractivity (Wildman–Crippen MR) is 61.3 cm³/mol. The summed E-state index contributed by atoms with van der Waals surface area (Å²) in [6, 6.07) is 0. The fourth-order valence-electron chi connectivity index (χ4n) is 1.27.